The van der Waals surface area contributed by atoms with Crippen molar-refractivity contribution in [2.75, 3.05) is 74.8 Å². The third-order valence-corrected chi connectivity index (χ3v) is 11.9. The first kappa shape index (κ1) is 37.4. The number of anilines is 4. The molecule has 16 heteroatoms. The molecule has 2 atom stereocenters. The summed E-state index contributed by atoms with van der Waals surface area (Å²) < 4.78 is 5.01. The Morgan fingerprint density at radius 2 is 1.61 bits per heavy atom. The topological polar surface area (TPSA) is 187 Å². The van der Waals surface area contributed by atoms with E-state index < -0.39 is 29.7 Å². The fourth-order valence-corrected chi connectivity index (χ4v) is 8.86. The number of hydrogen-bond donors (Lipinski definition) is 2. The molecule has 4 saturated heterocycles. The van der Waals surface area contributed by atoms with Crippen LogP contribution in [0.1, 0.15) is 94.1 Å². The van der Waals surface area contributed by atoms with Crippen molar-refractivity contribution >= 4 is 52.7 Å². The Kier molecular flexibility index (Phi) is 10.7. The third kappa shape index (κ3) is 7.42. The van der Waals surface area contributed by atoms with Crippen LogP contribution in [0.15, 0.2) is 42.5 Å². The van der Waals surface area contributed by atoms with Gasteiger partial charge >= 0.3 is 0 Å². The maximum absolute atomic E-state index is 13.6. The van der Waals surface area contributed by atoms with E-state index in [1.165, 1.54) is 19.1 Å². The van der Waals surface area contributed by atoms with Gasteiger partial charge in [0.05, 0.1) is 11.1 Å². The number of nitrogens with two attached hydrogens (primary N) is 1. The molecule has 4 fully saturated rings. The number of benzene rings is 2. The number of ether oxygens (including phenoxy) is 1. The summed E-state index contributed by atoms with van der Waals surface area (Å²) in [6.45, 7) is 6.23. The van der Waals surface area contributed by atoms with Crippen LogP contribution in [0.4, 0.5) is 23.1 Å². The number of carbonyl (C=O) groups excluding carboxylic acids is 5. The maximum atomic E-state index is 13.6. The second kappa shape index (κ2) is 15.9. The summed E-state index contributed by atoms with van der Waals surface area (Å²) >= 11 is 0. The monoisotopic (exact) mass is 764 g/mol. The summed E-state index contributed by atoms with van der Waals surface area (Å²) in [6, 6.07) is 12.6. The first-order valence-corrected chi connectivity index (χ1v) is 19.7. The predicted molar refractivity (Wildman–Crippen MR) is 207 cm³/mol. The van der Waals surface area contributed by atoms with Crippen molar-refractivity contribution in [1.29, 1.82) is 0 Å². The van der Waals surface area contributed by atoms with E-state index in [9.17, 15) is 24.0 Å². The summed E-state index contributed by atoms with van der Waals surface area (Å²) in [4.78, 5) is 78.0. The van der Waals surface area contributed by atoms with Gasteiger partial charge in [-0.3, -0.25) is 33.8 Å². The van der Waals surface area contributed by atoms with Crippen LogP contribution in [-0.2, 0) is 14.3 Å². The molecule has 0 radical (unpaired) electrons. The van der Waals surface area contributed by atoms with Crippen molar-refractivity contribution in [1.82, 2.24) is 29.9 Å². The average molecular weight is 765 g/mol. The van der Waals surface area contributed by atoms with Crippen LogP contribution in [0.3, 0.4) is 0 Å². The molecule has 0 spiro atoms. The predicted octanol–water partition coefficient (Wildman–Crippen LogP) is 3.13. The van der Waals surface area contributed by atoms with Crippen LogP contribution in [0, 0.1) is 5.92 Å². The first-order chi connectivity index (χ1) is 27.2. The van der Waals surface area contributed by atoms with Crippen LogP contribution < -0.4 is 20.9 Å². The fraction of sp³-hybridized carbons (Fsp3) is 0.500. The summed E-state index contributed by atoms with van der Waals surface area (Å²) in [6.07, 6.45) is 6.64. The van der Waals surface area contributed by atoms with E-state index in [1.807, 2.05) is 18.2 Å². The summed E-state index contributed by atoms with van der Waals surface area (Å²) in [7, 11) is 1.38. The number of piperidine rings is 3. The summed E-state index contributed by atoms with van der Waals surface area (Å²) in [5, 5.41) is 11.5. The second-order valence-electron chi connectivity index (χ2n) is 15.5. The molecular formula is C40H48N10O6. The molecule has 6 heterocycles. The van der Waals surface area contributed by atoms with Gasteiger partial charge in [-0.05, 0) is 106 Å². The van der Waals surface area contributed by atoms with E-state index in [0.29, 0.717) is 29.2 Å². The highest BCUT2D eigenvalue weighted by molar-refractivity contribution is 6.23. The number of methoxy groups -OCH3 is 1. The molecule has 1 aromatic heterocycles. The van der Waals surface area contributed by atoms with Gasteiger partial charge in [0, 0.05) is 57.6 Å². The van der Waals surface area contributed by atoms with E-state index in [0.717, 1.165) is 99.1 Å². The largest absolute Gasteiger partial charge is 0.371 e. The van der Waals surface area contributed by atoms with Gasteiger partial charge in [-0.15, -0.1) is 10.2 Å². The Hall–Kier alpha value is -5.48. The normalized spacial score (nSPS) is 22.3. The highest BCUT2D eigenvalue weighted by Gasteiger charge is 2.47. The lowest BCUT2D eigenvalue weighted by Crippen LogP contribution is -2.56. The average Bonchev–Trinajstić information content (AvgIpc) is 3.78. The van der Waals surface area contributed by atoms with Gasteiger partial charge in [-0.2, -0.15) is 4.98 Å². The van der Waals surface area contributed by atoms with E-state index in [4.69, 9.17) is 10.5 Å². The zero-order valence-corrected chi connectivity index (χ0v) is 31.7. The minimum Gasteiger partial charge on any atom is -0.371 e. The van der Waals surface area contributed by atoms with Gasteiger partial charge in [0.1, 0.15) is 12.8 Å². The van der Waals surface area contributed by atoms with E-state index in [-0.39, 0.29) is 36.7 Å². The number of hydrogen-bond acceptors (Lipinski definition) is 13. The lowest BCUT2D eigenvalue weighted by atomic mass is 9.89. The second-order valence-corrected chi connectivity index (χ2v) is 15.5. The number of rotatable bonds is 11. The van der Waals surface area contributed by atoms with Gasteiger partial charge in [0.15, 0.2) is 11.5 Å². The number of nitrogens with one attached hydrogen (secondary N) is 1. The van der Waals surface area contributed by atoms with Gasteiger partial charge in [0.2, 0.25) is 11.9 Å². The zero-order valence-electron chi connectivity index (χ0n) is 31.7. The molecule has 5 aliphatic heterocycles. The van der Waals surface area contributed by atoms with E-state index in [1.54, 1.807) is 12.1 Å². The number of imide groups is 2. The molecule has 16 nitrogen and oxygen atoms in total. The van der Waals surface area contributed by atoms with Crippen LogP contribution in [0.2, 0.25) is 0 Å². The molecule has 294 valence electrons. The molecule has 8 rings (SSSR count). The highest BCUT2D eigenvalue weighted by atomic mass is 16.5. The van der Waals surface area contributed by atoms with Gasteiger partial charge < -0.3 is 30.5 Å². The number of likely N-dealkylation sites (tertiary alicyclic amines) is 2. The molecule has 3 aromatic rings. The maximum Gasteiger partial charge on any atom is 0.273 e. The number of amides is 5. The Labute approximate surface area is 325 Å². The molecule has 5 amide bonds. The van der Waals surface area contributed by atoms with Gasteiger partial charge in [-0.1, -0.05) is 12.1 Å². The Morgan fingerprint density at radius 3 is 2.34 bits per heavy atom. The molecule has 3 N–H and O–H groups in total. The number of aromatic nitrogens is 3. The lowest BCUT2D eigenvalue weighted by molar-refractivity contribution is -0.157. The van der Waals surface area contributed by atoms with E-state index >= 15 is 0 Å². The fourth-order valence-electron chi connectivity index (χ4n) is 8.86. The van der Waals surface area contributed by atoms with Gasteiger partial charge in [-0.25, -0.2) is 0 Å². The molecule has 0 saturated carbocycles. The van der Waals surface area contributed by atoms with Crippen molar-refractivity contribution in [3.05, 3.63) is 64.8 Å². The quantitative estimate of drug-likeness (QED) is 0.272. The Morgan fingerprint density at radius 1 is 0.857 bits per heavy atom. The molecule has 2 aromatic carbocycles. The number of primary amides is 1. The van der Waals surface area contributed by atoms with Crippen molar-refractivity contribution in [3.8, 4) is 0 Å². The third-order valence-electron chi connectivity index (χ3n) is 11.9. The molecule has 56 heavy (non-hydrogen) atoms. The van der Waals surface area contributed by atoms with Crippen LogP contribution in [0.25, 0.3) is 0 Å². The standard InChI is InChI=1S/C40H48N10O6/c1-56-24-49-33(51)12-11-32(39(49)55)50-37(53)30-10-9-29(21-31(30)38(50)54)48-20-13-25(23-48)22-46-18-14-27(15-19-46)26-5-7-28(8-6-26)42-36-34(35(41)52)44-45-40(43-36)47-16-3-2-4-17-47/h5-10,21,25,27,32H,2-4,11-20,22-24H2,1H3,(H2,41,52)(H,42,43,45). The van der Waals surface area contributed by atoms with Crippen LogP contribution >= 0.6 is 0 Å². The molecular weight excluding hydrogens is 717 g/mol. The molecule has 2 unspecified atom stereocenters. The van der Waals surface area contributed by atoms with Crippen molar-refractivity contribution in [2.45, 2.75) is 63.3 Å². The minimum atomic E-state index is -1.03. The van der Waals surface area contributed by atoms with Crippen molar-refractivity contribution in [3.63, 3.8) is 0 Å². The van der Waals surface area contributed by atoms with Crippen molar-refractivity contribution in [2.24, 2.45) is 11.7 Å². The lowest BCUT2D eigenvalue weighted by Gasteiger charge is -2.34. The summed E-state index contributed by atoms with van der Waals surface area (Å²) in [5.74, 6) is -0.903. The summed E-state index contributed by atoms with van der Waals surface area (Å²) in [5.41, 5.74) is 9.17. The Bertz CT molecular complexity index is 2010. The molecule has 0 aliphatic carbocycles. The first-order valence-electron chi connectivity index (χ1n) is 19.7. The number of fused-ring (bicyclic) bond motifs is 1. The van der Waals surface area contributed by atoms with Gasteiger partial charge in [0.25, 0.3) is 23.6 Å². The van der Waals surface area contributed by atoms with Crippen molar-refractivity contribution < 1.29 is 28.7 Å². The zero-order chi connectivity index (χ0) is 38.9. The van der Waals surface area contributed by atoms with Crippen LogP contribution in [0.5, 0.6) is 0 Å². The SMILES string of the molecule is COCN1C(=O)CCC(N2C(=O)c3ccc(N4CCC(CN5CCC(c6ccc(Nc7nc(N8CCCCC8)nnc7C(N)=O)cc6)CC5)C4)cc3C2=O)C1=O. The molecule has 5 aliphatic rings. The minimum absolute atomic E-state index is 0.0162. The smallest absolute Gasteiger partial charge is 0.273 e. The highest BCUT2D eigenvalue weighted by Crippen LogP contribution is 2.35. The molecule has 0 bridgehead atoms. The number of carbonyl (C=O) groups is 5. The van der Waals surface area contributed by atoms with E-state index in [2.05, 4.69) is 47.3 Å². The number of nitrogens with zero attached hydrogens (tertiary/aromatic N) is 8. The van der Waals surface area contributed by atoms with Crippen LogP contribution in [-0.4, -0.2) is 125 Å². The Balaban J connectivity index is 0.835.